The molecule has 1 rings (SSSR count). The van der Waals surface area contributed by atoms with Gasteiger partial charge in [0.25, 0.3) is 5.91 Å². The van der Waals surface area contributed by atoms with Crippen molar-refractivity contribution in [1.82, 2.24) is 5.32 Å². The summed E-state index contributed by atoms with van der Waals surface area (Å²) in [7, 11) is 0. The lowest BCUT2D eigenvalue weighted by atomic mass is 10.1. The monoisotopic (exact) mass is 314 g/mol. The van der Waals surface area contributed by atoms with E-state index in [-0.39, 0.29) is 22.8 Å². The number of carbonyl (C=O) groups excluding carboxylic acids is 2. The number of nitrogens with one attached hydrogen (secondary N) is 1. The third-order valence-corrected chi connectivity index (χ3v) is 2.38. The Labute approximate surface area is 114 Å². The van der Waals surface area contributed by atoms with E-state index in [1.54, 1.807) is 12.1 Å². The van der Waals surface area contributed by atoms with Crippen molar-refractivity contribution in [2.75, 3.05) is 0 Å². The molecule has 0 heterocycles. The minimum Gasteiger partial charge on any atom is -0.410 e. The summed E-state index contributed by atoms with van der Waals surface area (Å²) in [4.78, 5) is 22.8. The molecule has 0 spiro atoms. The van der Waals surface area contributed by atoms with Crippen molar-refractivity contribution in [2.24, 2.45) is 5.73 Å². The highest BCUT2D eigenvalue weighted by atomic mass is 79.9. The van der Waals surface area contributed by atoms with Crippen LogP contribution < -0.4 is 15.8 Å². The number of ether oxygens (including phenoxy) is 1. The summed E-state index contributed by atoms with van der Waals surface area (Å²) in [6, 6.07) is 4.73. The predicted octanol–water partition coefficient (Wildman–Crippen LogP) is 2.43. The van der Waals surface area contributed by atoms with Crippen molar-refractivity contribution >= 4 is 27.9 Å². The van der Waals surface area contributed by atoms with E-state index in [1.807, 2.05) is 20.8 Å². The Balaban J connectivity index is 3.08. The summed E-state index contributed by atoms with van der Waals surface area (Å²) in [5.74, 6) is -0.201. The molecule has 1 aromatic rings. The van der Waals surface area contributed by atoms with Crippen LogP contribution in [0.5, 0.6) is 5.75 Å². The number of rotatable bonds is 2. The number of benzene rings is 1. The average Bonchev–Trinajstić information content (AvgIpc) is 2.17. The van der Waals surface area contributed by atoms with Gasteiger partial charge < -0.3 is 15.8 Å². The molecule has 0 fully saturated rings. The molecule has 98 valence electrons. The Morgan fingerprint density at radius 3 is 2.44 bits per heavy atom. The first-order valence-electron chi connectivity index (χ1n) is 5.28. The summed E-state index contributed by atoms with van der Waals surface area (Å²) in [6.07, 6.45) is -0.956. The van der Waals surface area contributed by atoms with Crippen LogP contribution in [0, 0.1) is 0 Å². The number of halogens is 1. The van der Waals surface area contributed by atoms with E-state index < -0.39 is 6.09 Å². The smallest absolute Gasteiger partial charge is 0.409 e. The Morgan fingerprint density at radius 1 is 1.33 bits per heavy atom. The number of carbonyl (C=O) groups is 2. The van der Waals surface area contributed by atoms with Gasteiger partial charge in [-0.15, -0.1) is 0 Å². The quantitative estimate of drug-likeness (QED) is 0.879. The lowest BCUT2D eigenvalue weighted by Gasteiger charge is -2.21. The third-order valence-electron chi connectivity index (χ3n) is 1.89. The van der Waals surface area contributed by atoms with E-state index in [9.17, 15) is 9.59 Å². The molecular weight excluding hydrogens is 300 g/mol. The van der Waals surface area contributed by atoms with Gasteiger partial charge in [0.1, 0.15) is 5.75 Å². The Kier molecular flexibility index (Phi) is 4.34. The molecular formula is C12H15BrN2O3. The lowest BCUT2D eigenvalue weighted by Crippen LogP contribution is -2.40. The van der Waals surface area contributed by atoms with Gasteiger partial charge in [0.2, 0.25) is 0 Å². The second kappa shape index (κ2) is 5.39. The van der Waals surface area contributed by atoms with Gasteiger partial charge in [-0.1, -0.05) is 15.9 Å². The van der Waals surface area contributed by atoms with Crippen LogP contribution in [0.4, 0.5) is 4.79 Å². The molecule has 1 aromatic carbocycles. The van der Waals surface area contributed by atoms with E-state index in [0.717, 1.165) is 0 Å². The van der Waals surface area contributed by atoms with E-state index >= 15 is 0 Å². The van der Waals surface area contributed by atoms with Gasteiger partial charge >= 0.3 is 6.09 Å². The molecule has 18 heavy (non-hydrogen) atoms. The molecule has 0 radical (unpaired) electrons. The summed E-state index contributed by atoms with van der Waals surface area (Å²) in [5, 5.41) is 2.78. The van der Waals surface area contributed by atoms with Crippen LogP contribution in [0.1, 0.15) is 31.1 Å². The van der Waals surface area contributed by atoms with E-state index in [4.69, 9.17) is 10.5 Å². The molecule has 2 amide bonds. The van der Waals surface area contributed by atoms with Gasteiger partial charge in [-0.25, -0.2) is 4.79 Å². The molecule has 0 aromatic heterocycles. The Morgan fingerprint density at radius 2 is 1.94 bits per heavy atom. The molecule has 0 atom stereocenters. The normalized spacial score (nSPS) is 10.9. The van der Waals surface area contributed by atoms with Crippen molar-refractivity contribution in [3.05, 3.63) is 28.2 Å². The second-order valence-corrected chi connectivity index (χ2v) is 5.68. The topological polar surface area (TPSA) is 81.4 Å². The number of hydrogen-bond donors (Lipinski definition) is 2. The standard InChI is InChI=1S/C12H15BrN2O3/c1-12(2,3)15-10(16)8-6-7(13)4-5-9(8)18-11(14)17/h4-6H,1-3H3,(H2,14,17)(H,15,16). The zero-order valence-corrected chi connectivity index (χ0v) is 12.0. The van der Waals surface area contributed by atoms with Gasteiger partial charge in [0.15, 0.2) is 0 Å². The number of hydrogen-bond acceptors (Lipinski definition) is 3. The molecule has 0 unspecified atom stereocenters. The fourth-order valence-corrected chi connectivity index (χ4v) is 1.65. The number of amides is 2. The van der Waals surface area contributed by atoms with Crippen LogP contribution in [0.15, 0.2) is 22.7 Å². The molecule has 0 aliphatic heterocycles. The Bertz CT molecular complexity index is 481. The summed E-state index contributed by atoms with van der Waals surface area (Å²) >= 11 is 3.26. The molecule has 3 N–H and O–H groups in total. The summed E-state index contributed by atoms with van der Waals surface area (Å²) < 4.78 is 5.50. The van der Waals surface area contributed by atoms with Crippen LogP contribution in [0.3, 0.4) is 0 Å². The lowest BCUT2D eigenvalue weighted by molar-refractivity contribution is 0.0917. The zero-order chi connectivity index (χ0) is 13.9. The summed E-state index contributed by atoms with van der Waals surface area (Å²) in [6.45, 7) is 5.58. The SMILES string of the molecule is CC(C)(C)NC(=O)c1cc(Br)ccc1OC(N)=O. The molecule has 0 saturated carbocycles. The highest BCUT2D eigenvalue weighted by Crippen LogP contribution is 2.23. The summed E-state index contributed by atoms with van der Waals surface area (Å²) in [5.41, 5.74) is 4.82. The van der Waals surface area contributed by atoms with Gasteiger partial charge in [0, 0.05) is 10.0 Å². The van der Waals surface area contributed by atoms with Gasteiger partial charge in [-0.2, -0.15) is 0 Å². The van der Waals surface area contributed by atoms with Crippen molar-refractivity contribution in [1.29, 1.82) is 0 Å². The predicted molar refractivity (Wildman–Crippen MR) is 71.6 cm³/mol. The molecule has 6 heteroatoms. The fraction of sp³-hybridized carbons (Fsp3) is 0.333. The van der Waals surface area contributed by atoms with Crippen molar-refractivity contribution in [3.8, 4) is 5.75 Å². The van der Waals surface area contributed by atoms with E-state index in [0.29, 0.717) is 4.47 Å². The van der Waals surface area contributed by atoms with Crippen LogP contribution in [-0.2, 0) is 0 Å². The third kappa shape index (κ3) is 4.37. The highest BCUT2D eigenvalue weighted by molar-refractivity contribution is 9.10. The minimum atomic E-state index is -0.956. The molecule has 0 aliphatic rings. The maximum absolute atomic E-state index is 12.1. The van der Waals surface area contributed by atoms with Gasteiger partial charge in [-0.3, -0.25) is 4.79 Å². The second-order valence-electron chi connectivity index (χ2n) is 4.77. The van der Waals surface area contributed by atoms with E-state index in [2.05, 4.69) is 21.2 Å². The first kappa shape index (κ1) is 14.5. The van der Waals surface area contributed by atoms with Crippen molar-refractivity contribution in [2.45, 2.75) is 26.3 Å². The van der Waals surface area contributed by atoms with Crippen LogP contribution in [0.2, 0.25) is 0 Å². The van der Waals surface area contributed by atoms with Crippen LogP contribution in [0.25, 0.3) is 0 Å². The van der Waals surface area contributed by atoms with Crippen LogP contribution >= 0.6 is 15.9 Å². The fourth-order valence-electron chi connectivity index (χ4n) is 1.28. The molecule has 5 nitrogen and oxygen atoms in total. The first-order valence-corrected chi connectivity index (χ1v) is 6.08. The average molecular weight is 315 g/mol. The molecule has 0 aliphatic carbocycles. The largest absolute Gasteiger partial charge is 0.410 e. The maximum Gasteiger partial charge on any atom is 0.409 e. The molecule has 0 bridgehead atoms. The van der Waals surface area contributed by atoms with Crippen molar-refractivity contribution < 1.29 is 14.3 Å². The molecule has 0 saturated heterocycles. The van der Waals surface area contributed by atoms with E-state index in [1.165, 1.54) is 6.07 Å². The maximum atomic E-state index is 12.1. The zero-order valence-electron chi connectivity index (χ0n) is 10.4. The highest BCUT2D eigenvalue weighted by Gasteiger charge is 2.19. The number of nitrogens with two attached hydrogens (primary N) is 1. The first-order chi connectivity index (χ1) is 8.19. The Hall–Kier alpha value is -1.56. The van der Waals surface area contributed by atoms with Crippen molar-refractivity contribution in [3.63, 3.8) is 0 Å². The number of primary amides is 1. The van der Waals surface area contributed by atoms with Crippen LogP contribution in [-0.4, -0.2) is 17.5 Å². The van der Waals surface area contributed by atoms with Gasteiger partial charge in [-0.05, 0) is 39.0 Å². The van der Waals surface area contributed by atoms with Gasteiger partial charge in [0.05, 0.1) is 5.56 Å². The minimum absolute atomic E-state index is 0.132.